The molecule has 0 atom stereocenters. The molecule has 1 aromatic carbocycles. The first-order chi connectivity index (χ1) is 7.66. The van der Waals surface area contributed by atoms with Crippen molar-refractivity contribution in [2.75, 3.05) is 0 Å². The van der Waals surface area contributed by atoms with Gasteiger partial charge >= 0.3 is 0 Å². The summed E-state index contributed by atoms with van der Waals surface area (Å²) in [6, 6.07) is 7.51. The van der Waals surface area contributed by atoms with E-state index in [0.717, 1.165) is 11.1 Å². The predicted octanol–water partition coefficient (Wildman–Crippen LogP) is 1.87. The number of rotatable bonds is 3. The molecule has 2 aromatic rings. The summed E-state index contributed by atoms with van der Waals surface area (Å²) in [6.45, 7) is 0.558. The van der Waals surface area contributed by atoms with Gasteiger partial charge in [-0.15, -0.1) is 0 Å². The number of nitrogens with zero attached hydrogens (tertiary/aromatic N) is 2. The fraction of sp³-hybridized carbons (Fsp3) is 0.0909. The molecule has 16 heavy (non-hydrogen) atoms. The van der Waals surface area contributed by atoms with E-state index >= 15 is 0 Å². The maximum atomic E-state index is 7.47. The summed E-state index contributed by atoms with van der Waals surface area (Å²) in [5.41, 5.74) is 7.19. The Morgan fingerprint density at radius 3 is 2.81 bits per heavy atom. The van der Waals surface area contributed by atoms with Crippen LogP contribution in [0, 0.1) is 5.41 Å². The maximum absolute atomic E-state index is 7.47. The first kappa shape index (κ1) is 10.7. The Labute approximate surface area is 98.2 Å². The molecule has 2 rings (SSSR count). The van der Waals surface area contributed by atoms with Gasteiger partial charge in [0.05, 0.1) is 17.8 Å². The molecule has 0 fully saturated rings. The van der Waals surface area contributed by atoms with Crippen LogP contribution in [0.3, 0.4) is 0 Å². The van der Waals surface area contributed by atoms with Crippen LogP contribution < -0.4 is 5.73 Å². The van der Waals surface area contributed by atoms with Crippen LogP contribution in [0.5, 0.6) is 0 Å². The zero-order chi connectivity index (χ0) is 11.5. The van der Waals surface area contributed by atoms with Gasteiger partial charge in [0.2, 0.25) is 0 Å². The third kappa shape index (κ3) is 2.23. The second-order valence-corrected chi connectivity index (χ2v) is 3.86. The highest BCUT2D eigenvalue weighted by Crippen LogP contribution is 2.11. The molecule has 0 spiro atoms. The van der Waals surface area contributed by atoms with Crippen LogP contribution in [0.1, 0.15) is 11.1 Å². The number of amidine groups is 1. The monoisotopic (exact) mass is 234 g/mol. The van der Waals surface area contributed by atoms with Gasteiger partial charge in [-0.05, 0) is 5.56 Å². The van der Waals surface area contributed by atoms with Crippen molar-refractivity contribution < 1.29 is 0 Å². The van der Waals surface area contributed by atoms with Crippen LogP contribution in [-0.2, 0) is 6.54 Å². The third-order valence-electron chi connectivity index (χ3n) is 2.24. The Bertz CT molecular complexity index is 518. The fourth-order valence-electron chi connectivity index (χ4n) is 1.52. The first-order valence-electron chi connectivity index (χ1n) is 4.77. The molecule has 0 unspecified atom stereocenters. The Hall–Kier alpha value is -1.81. The summed E-state index contributed by atoms with van der Waals surface area (Å²) in [5.74, 6) is 0.0638. The Kier molecular flexibility index (Phi) is 2.92. The molecule has 0 aliphatic rings. The van der Waals surface area contributed by atoms with E-state index in [9.17, 15) is 0 Å². The molecule has 1 aromatic heterocycles. The Morgan fingerprint density at radius 2 is 2.19 bits per heavy atom. The quantitative estimate of drug-likeness (QED) is 0.629. The van der Waals surface area contributed by atoms with Crippen LogP contribution in [0.2, 0.25) is 5.02 Å². The minimum absolute atomic E-state index is 0.0638. The van der Waals surface area contributed by atoms with Gasteiger partial charge in [-0.3, -0.25) is 10.1 Å². The lowest BCUT2D eigenvalue weighted by Crippen LogP contribution is -2.15. The van der Waals surface area contributed by atoms with E-state index in [1.54, 1.807) is 17.1 Å². The average Bonchev–Trinajstić information content (AvgIpc) is 2.64. The molecule has 1 heterocycles. The van der Waals surface area contributed by atoms with Crippen molar-refractivity contribution >= 4 is 17.4 Å². The molecule has 0 saturated carbocycles. The number of hydrogen-bond donors (Lipinski definition) is 2. The number of halogens is 1. The number of nitrogens with two attached hydrogens (primary N) is 1. The van der Waals surface area contributed by atoms with Crippen molar-refractivity contribution in [3.05, 3.63) is 52.8 Å². The van der Waals surface area contributed by atoms with E-state index in [0.29, 0.717) is 11.6 Å². The summed E-state index contributed by atoms with van der Waals surface area (Å²) in [6.07, 6.45) is 3.32. The van der Waals surface area contributed by atoms with Gasteiger partial charge < -0.3 is 5.73 Å². The zero-order valence-electron chi connectivity index (χ0n) is 8.52. The predicted molar refractivity (Wildman–Crippen MR) is 63.8 cm³/mol. The SMILES string of the molecule is N=C(N)c1ccccc1Cn1cc(Cl)cn1. The van der Waals surface area contributed by atoms with E-state index in [2.05, 4.69) is 5.10 Å². The highest BCUT2D eigenvalue weighted by molar-refractivity contribution is 6.30. The van der Waals surface area contributed by atoms with Gasteiger partial charge in [0, 0.05) is 11.8 Å². The summed E-state index contributed by atoms with van der Waals surface area (Å²) in [4.78, 5) is 0. The summed E-state index contributed by atoms with van der Waals surface area (Å²) < 4.78 is 1.71. The molecular weight excluding hydrogens is 224 g/mol. The van der Waals surface area contributed by atoms with E-state index < -0.39 is 0 Å². The number of benzene rings is 1. The number of nitrogens with one attached hydrogen (secondary N) is 1. The third-order valence-corrected chi connectivity index (χ3v) is 2.44. The van der Waals surface area contributed by atoms with E-state index in [1.807, 2.05) is 24.3 Å². The van der Waals surface area contributed by atoms with Crippen LogP contribution in [0.15, 0.2) is 36.7 Å². The largest absolute Gasteiger partial charge is 0.384 e. The lowest BCUT2D eigenvalue weighted by Gasteiger charge is -2.07. The molecule has 0 radical (unpaired) electrons. The van der Waals surface area contributed by atoms with Crippen molar-refractivity contribution in [2.45, 2.75) is 6.54 Å². The molecule has 0 bridgehead atoms. The molecule has 0 amide bonds. The molecule has 3 N–H and O–H groups in total. The number of hydrogen-bond acceptors (Lipinski definition) is 2. The molecule has 0 aliphatic heterocycles. The standard InChI is InChI=1S/C11H11ClN4/c12-9-5-15-16(7-9)6-8-3-1-2-4-10(8)11(13)14/h1-5,7H,6H2,(H3,13,14). The molecule has 5 heteroatoms. The normalized spacial score (nSPS) is 10.3. The lowest BCUT2D eigenvalue weighted by molar-refractivity contribution is 0.686. The van der Waals surface area contributed by atoms with Crippen molar-refractivity contribution in [1.82, 2.24) is 9.78 Å². The summed E-state index contributed by atoms with van der Waals surface area (Å²) in [5, 5.41) is 12.2. The summed E-state index contributed by atoms with van der Waals surface area (Å²) in [7, 11) is 0. The maximum Gasteiger partial charge on any atom is 0.123 e. The molecular formula is C11H11ClN4. The van der Waals surface area contributed by atoms with Crippen LogP contribution in [0.4, 0.5) is 0 Å². The molecule has 4 nitrogen and oxygen atoms in total. The minimum Gasteiger partial charge on any atom is -0.384 e. The van der Waals surface area contributed by atoms with Crippen LogP contribution >= 0.6 is 11.6 Å². The minimum atomic E-state index is 0.0638. The van der Waals surface area contributed by atoms with Gasteiger partial charge in [0.15, 0.2) is 0 Å². The van der Waals surface area contributed by atoms with E-state index in [-0.39, 0.29) is 5.84 Å². The van der Waals surface area contributed by atoms with Gasteiger partial charge in [0.1, 0.15) is 5.84 Å². The van der Waals surface area contributed by atoms with E-state index in [1.165, 1.54) is 0 Å². The second kappa shape index (κ2) is 4.37. The van der Waals surface area contributed by atoms with Gasteiger partial charge in [-0.1, -0.05) is 35.9 Å². The van der Waals surface area contributed by atoms with Crippen molar-refractivity contribution in [2.24, 2.45) is 5.73 Å². The highest BCUT2D eigenvalue weighted by Gasteiger charge is 2.05. The second-order valence-electron chi connectivity index (χ2n) is 3.43. The Balaban J connectivity index is 2.31. The average molecular weight is 235 g/mol. The van der Waals surface area contributed by atoms with Gasteiger partial charge in [0.25, 0.3) is 0 Å². The highest BCUT2D eigenvalue weighted by atomic mass is 35.5. The lowest BCUT2D eigenvalue weighted by atomic mass is 10.1. The van der Waals surface area contributed by atoms with Crippen LogP contribution in [-0.4, -0.2) is 15.6 Å². The molecule has 0 saturated heterocycles. The first-order valence-corrected chi connectivity index (χ1v) is 5.15. The Morgan fingerprint density at radius 1 is 1.44 bits per heavy atom. The zero-order valence-corrected chi connectivity index (χ0v) is 9.28. The topological polar surface area (TPSA) is 67.7 Å². The number of nitrogen functional groups attached to an aromatic ring is 1. The van der Waals surface area contributed by atoms with Crippen molar-refractivity contribution in [3.63, 3.8) is 0 Å². The van der Waals surface area contributed by atoms with Crippen molar-refractivity contribution in [3.8, 4) is 0 Å². The smallest absolute Gasteiger partial charge is 0.123 e. The van der Waals surface area contributed by atoms with Crippen molar-refractivity contribution in [1.29, 1.82) is 5.41 Å². The molecule has 82 valence electrons. The summed E-state index contributed by atoms with van der Waals surface area (Å²) >= 11 is 5.78. The molecule has 0 aliphatic carbocycles. The van der Waals surface area contributed by atoms with E-state index in [4.69, 9.17) is 22.7 Å². The fourth-order valence-corrected chi connectivity index (χ4v) is 1.68. The van der Waals surface area contributed by atoms with Gasteiger partial charge in [-0.2, -0.15) is 5.10 Å². The van der Waals surface area contributed by atoms with Crippen LogP contribution in [0.25, 0.3) is 0 Å². The van der Waals surface area contributed by atoms with Gasteiger partial charge in [-0.25, -0.2) is 0 Å². The number of aromatic nitrogens is 2.